The Morgan fingerprint density at radius 1 is 0.733 bits per heavy atom. The quantitative estimate of drug-likeness (QED) is 0.431. The Bertz CT molecular complexity index is 1200. The molecule has 0 aromatic heterocycles. The van der Waals surface area contributed by atoms with Crippen LogP contribution in [0.15, 0.2) is 84.9 Å². The number of benzene rings is 4. The van der Waals surface area contributed by atoms with E-state index >= 15 is 0 Å². The highest BCUT2D eigenvalue weighted by Gasteiger charge is 2.48. The van der Waals surface area contributed by atoms with Crippen LogP contribution in [-0.2, 0) is 12.1 Å². The van der Waals surface area contributed by atoms with Gasteiger partial charge >= 0.3 is 0 Å². The van der Waals surface area contributed by atoms with Gasteiger partial charge in [0.2, 0.25) is 0 Å². The highest BCUT2D eigenvalue weighted by atomic mass is 16.3. The number of piperidine rings is 1. The van der Waals surface area contributed by atoms with E-state index in [-0.39, 0.29) is 0 Å². The standard InChI is InChI=1S/C28H27NO/c30-28(17-22-14-15-23(18-28)29(22)19-20-8-2-1-3-9-20)27-16-21-10-4-5-11-24(21)25-12-6-7-13-26(25)27/h1-13,16,22-23,30H,14-15,17-19H2. The first kappa shape index (κ1) is 18.1. The summed E-state index contributed by atoms with van der Waals surface area (Å²) in [6.45, 7) is 0.991. The number of hydrogen-bond donors (Lipinski definition) is 1. The van der Waals surface area contributed by atoms with Crippen molar-refractivity contribution in [3.05, 3.63) is 96.1 Å². The first-order chi connectivity index (χ1) is 14.7. The van der Waals surface area contributed by atoms with E-state index < -0.39 is 5.60 Å². The fourth-order valence-corrected chi connectivity index (χ4v) is 6.03. The summed E-state index contributed by atoms with van der Waals surface area (Å²) in [5.74, 6) is 0. The number of fused-ring (bicyclic) bond motifs is 5. The molecule has 2 saturated heterocycles. The first-order valence-corrected chi connectivity index (χ1v) is 11.1. The molecular weight excluding hydrogens is 366 g/mol. The fraction of sp³-hybridized carbons (Fsp3) is 0.286. The predicted octanol–water partition coefficient (Wildman–Crippen LogP) is 6.01. The second kappa shape index (κ2) is 6.94. The Balaban J connectivity index is 1.41. The third kappa shape index (κ3) is 2.86. The van der Waals surface area contributed by atoms with Crippen LogP contribution in [0.1, 0.15) is 36.8 Å². The average molecular weight is 394 g/mol. The molecule has 4 aromatic rings. The zero-order chi connectivity index (χ0) is 20.1. The molecule has 4 aromatic carbocycles. The lowest BCUT2D eigenvalue weighted by atomic mass is 9.77. The number of rotatable bonds is 3. The van der Waals surface area contributed by atoms with Crippen LogP contribution in [0.25, 0.3) is 21.5 Å². The molecule has 0 aliphatic carbocycles. The Morgan fingerprint density at radius 3 is 2.07 bits per heavy atom. The van der Waals surface area contributed by atoms with Crippen LogP contribution in [0.2, 0.25) is 0 Å². The van der Waals surface area contributed by atoms with Gasteiger partial charge in [-0.25, -0.2) is 0 Å². The second-order valence-electron chi connectivity index (χ2n) is 9.17. The van der Waals surface area contributed by atoms with Crippen molar-refractivity contribution in [1.82, 2.24) is 4.90 Å². The van der Waals surface area contributed by atoms with Crippen LogP contribution in [0.5, 0.6) is 0 Å². The lowest BCUT2D eigenvalue weighted by Crippen LogP contribution is -2.49. The Kier molecular flexibility index (Phi) is 4.19. The van der Waals surface area contributed by atoms with Gasteiger partial charge in [0.1, 0.15) is 0 Å². The van der Waals surface area contributed by atoms with E-state index in [9.17, 15) is 5.11 Å². The summed E-state index contributed by atoms with van der Waals surface area (Å²) in [6.07, 6.45) is 4.01. The van der Waals surface area contributed by atoms with Crippen LogP contribution in [0, 0.1) is 0 Å². The van der Waals surface area contributed by atoms with Crippen molar-refractivity contribution in [2.45, 2.75) is 49.9 Å². The summed E-state index contributed by atoms with van der Waals surface area (Å²) in [5.41, 5.74) is 1.73. The topological polar surface area (TPSA) is 23.5 Å². The van der Waals surface area contributed by atoms with E-state index in [1.165, 1.54) is 39.9 Å². The largest absolute Gasteiger partial charge is 0.385 e. The molecule has 150 valence electrons. The average Bonchev–Trinajstić information content (AvgIpc) is 3.03. The van der Waals surface area contributed by atoms with E-state index in [0.29, 0.717) is 12.1 Å². The summed E-state index contributed by atoms with van der Waals surface area (Å²) in [4.78, 5) is 2.65. The van der Waals surface area contributed by atoms with E-state index in [2.05, 4.69) is 89.8 Å². The molecule has 2 aliphatic rings. The monoisotopic (exact) mass is 393 g/mol. The zero-order valence-corrected chi connectivity index (χ0v) is 17.2. The lowest BCUT2D eigenvalue weighted by Gasteiger charge is -2.44. The van der Waals surface area contributed by atoms with Crippen molar-refractivity contribution in [2.75, 3.05) is 0 Å². The minimum Gasteiger partial charge on any atom is -0.385 e. The Hall–Kier alpha value is -2.68. The molecule has 30 heavy (non-hydrogen) atoms. The summed E-state index contributed by atoms with van der Waals surface area (Å²) in [5, 5.41) is 17.0. The van der Waals surface area contributed by atoms with Crippen molar-refractivity contribution in [1.29, 1.82) is 0 Å². The summed E-state index contributed by atoms with van der Waals surface area (Å²) in [6, 6.07) is 31.1. The minimum absolute atomic E-state index is 0.444. The molecular formula is C28H27NO. The molecule has 0 saturated carbocycles. The van der Waals surface area contributed by atoms with Crippen LogP contribution < -0.4 is 0 Å². The normalized spacial score (nSPS) is 26.4. The van der Waals surface area contributed by atoms with Gasteiger partial charge in [0.15, 0.2) is 0 Å². The molecule has 2 heteroatoms. The lowest BCUT2D eigenvalue weighted by molar-refractivity contribution is -0.0584. The second-order valence-corrected chi connectivity index (χ2v) is 9.17. The van der Waals surface area contributed by atoms with Crippen molar-refractivity contribution < 1.29 is 5.11 Å². The number of nitrogens with zero attached hydrogens (tertiary/aromatic N) is 1. The number of aliphatic hydroxyl groups is 1. The molecule has 0 spiro atoms. The molecule has 0 amide bonds. The van der Waals surface area contributed by atoms with Crippen molar-refractivity contribution in [3.8, 4) is 0 Å². The maximum absolute atomic E-state index is 12.0. The van der Waals surface area contributed by atoms with Gasteiger partial charge in [0, 0.05) is 18.6 Å². The van der Waals surface area contributed by atoms with E-state index in [4.69, 9.17) is 0 Å². The molecule has 2 atom stereocenters. The van der Waals surface area contributed by atoms with Gasteiger partial charge in [-0.3, -0.25) is 4.90 Å². The van der Waals surface area contributed by atoms with Gasteiger partial charge in [-0.2, -0.15) is 0 Å². The summed E-state index contributed by atoms with van der Waals surface area (Å²) in [7, 11) is 0. The van der Waals surface area contributed by atoms with Crippen LogP contribution >= 0.6 is 0 Å². The van der Waals surface area contributed by atoms with E-state index in [1.807, 2.05) is 0 Å². The smallest absolute Gasteiger partial charge is 0.0932 e. The van der Waals surface area contributed by atoms with E-state index in [1.54, 1.807) is 0 Å². The molecule has 6 rings (SSSR count). The summed E-state index contributed by atoms with van der Waals surface area (Å²) >= 11 is 0. The van der Waals surface area contributed by atoms with Gasteiger partial charge in [0.25, 0.3) is 0 Å². The Morgan fingerprint density at radius 2 is 1.33 bits per heavy atom. The molecule has 2 heterocycles. The van der Waals surface area contributed by atoms with E-state index in [0.717, 1.165) is 24.9 Å². The highest BCUT2D eigenvalue weighted by Crippen LogP contribution is 2.48. The maximum Gasteiger partial charge on any atom is 0.0932 e. The fourth-order valence-electron chi connectivity index (χ4n) is 6.03. The third-order valence-corrected chi connectivity index (χ3v) is 7.40. The maximum atomic E-state index is 12.0. The van der Waals surface area contributed by atoms with Gasteiger partial charge in [-0.15, -0.1) is 0 Å². The molecule has 2 bridgehead atoms. The van der Waals surface area contributed by atoms with Crippen molar-refractivity contribution >= 4 is 21.5 Å². The molecule has 1 N–H and O–H groups in total. The number of hydrogen-bond acceptors (Lipinski definition) is 2. The molecule has 0 radical (unpaired) electrons. The Labute approximate surface area is 177 Å². The van der Waals surface area contributed by atoms with Crippen molar-refractivity contribution in [2.24, 2.45) is 0 Å². The molecule has 2 aliphatic heterocycles. The molecule has 2 fully saturated rings. The zero-order valence-electron chi connectivity index (χ0n) is 17.2. The SMILES string of the molecule is OC1(c2cc3ccccc3c3ccccc23)CC2CCC(C1)N2Cc1ccccc1. The highest BCUT2D eigenvalue weighted by molar-refractivity contribution is 6.09. The van der Waals surface area contributed by atoms with Crippen LogP contribution in [0.3, 0.4) is 0 Å². The van der Waals surface area contributed by atoms with Crippen LogP contribution in [0.4, 0.5) is 0 Å². The summed E-state index contributed by atoms with van der Waals surface area (Å²) < 4.78 is 0. The van der Waals surface area contributed by atoms with Crippen LogP contribution in [-0.4, -0.2) is 22.1 Å². The minimum atomic E-state index is -0.761. The predicted molar refractivity (Wildman–Crippen MR) is 123 cm³/mol. The third-order valence-electron chi connectivity index (χ3n) is 7.40. The van der Waals surface area contributed by atoms with Crippen molar-refractivity contribution in [3.63, 3.8) is 0 Å². The van der Waals surface area contributed by atoms with Gasteiger partial charge in [-0.05, 0) is 64.4 Å². The van der Waals surface area contributed by atoms with Gasteiger partial charge < -0.3 is 5.11 Å². The first-order valence-electron chi connectivity index (χ1n) is 11.1. The van der Waals surface area contributed by atoms with Gasteiger partial charge in [-0.1, -0.05) is 78.9 Å². The molecule has 2 unspecified atom stereocenters. The van der Waals surface area contributed by atoms with Gasteiger partial charge in [0.05, 0.1) is 5.60 Å². The molecule has 2 nitrogen and oxygen atoms in total.